The van der Waals surface area contributed by atoms with E-state index in [-0.39, 0.29) is 16.4 Å². The first-order valence-electron chi connectivity index (χ1n) is 5.81. The minimum absolute atomic E-state index is 0.173. The molecule has 0 atom stereocenters. The summed E-state index contributed by atoms with van der Waals surface area (Å²) in [7, 11) is 0. The molecule has 0 spiro atoms. The van der Waals surface area contributed by atoms with Crippen molar-refractivity contribution in [2.24, 2.45) is 0 Å². The van der Waals surface area contributed by atoms with Crippen molar-refractivity contribution in [1.82, 2.24) is 14.8 Å². The normalized spacial score (nSPS) is 10.6. The highest BCUT2D eigenvalue weighted by atomic mass is 32.1. The van der Waals surface area contributed by atoms with Gasteiger partial charge in [0.2, 0.25) is 0 Å². The second kappa shape index (κ2) is 5.31. The average Bonchev–Trinajstić information content (AvgIpc) is 2.94. The number of aromatic nitrogens is 3. The number of carboxylic acid groups (broad SMARTS) is 1. The molecule has 2 heterocycles. The standard InChI is InChI=1S/C12H13N3O3S/c1-3-6-15-8(4-5-13-15)11-14-9(12(17)18)10(19-11)7(2)16/h4-5H,3,6H2,1-2H3,(H,17,18). The molecule has 0 aliphatic rings. The zero-order chi connectivity index (χ0) is 14.0. The van der Waals surface area contributed by atoms with E-state index in [1.165, 1.54) is 6.92 Å². The van der Waals surface area contributed by atoms with Crippen molar-refractivity contribution in [3.63, 3.8) is 0 Å². The number of Topliss-reactive ketones (excluding diaryl/α,β-unsaturated/α-hetero) is 1. The SMILES string of the molecule is CCCn1nccc1-c1nc(C(=O)O)c(C(C)=O)s1. The van der Waals surface area contributed by atoms with Crippen LogP contribution in [-0.4, -0.2) is 31.6 Å². The molecule has 2 aromatic heterocycles. The van der Waals surface area contributed by atoms with E-state index in [2.05, 4.69) is 10.1 Å². The van der Waals surface area contributed by atoms with E-state index in [9.17, 15) is 9.59 Å². The number of aryl methyl sites for hydroxylation is 1. The Balaban J connectivity index is 2.51. The fourth-order valence-corrected chi connectivity index (χ4v) is 2.70. The topological polar surface area (TPSA) is 85.1 Å². The second-order valence-electron chi connectivity index (χ2n) is 4.00. The zero-order valence-electron chi connectivity index (χ0n) is 10.6. The zero-order valence-corrected chi connectivity index (χ0v) is 11.4. The van der Waals surface area contributed by atoms with Gasteiger partial charge in [-0.05, 0) is 12.5 Å². The van der Waals surface area contributed by atoms with E-state index in [4.69, 9.17) is 5.11 Å². The second-order valence-corrected chi connectivity index (χ2v) is 5.00. The minimum atomic E-state index is -1.19. The molecule has 100 valence electrons. The summed E-state index contributed by atoms with van der Waals surface area (Å²) >= 11 is 1.09. The average molecular weight is 279 g/mol. The predicted molar refractivity (Wildman–Crippen MR) is 70.6 cm³/mol. The molecule has 0 radical (unpaired) electrons. The highest BCUT2D eigenvalue weighted by Gasteiger charge is 2.22. The van der Waals surface area contributed by atoms with Crippen LogP contribution in [-0.2, 0) is 6.54 Å². The van der Waals surface area contributed by atoms with Crippen molar-refractivity contribution >= 4 is 23.1 Å². The molecule has 7 heteroatoms. The summed E-state index contributed by atoms with van der Waals surface area (Å²) in [5.74, 6) is -1.48. The number of carboxylic acids is 1. The van der Waals surface area contributed by atoms with Gasteiger partial charge >= 0.3 is 5.97 Å². The monoisotopic (exact) mass is 279 g/mol. The molecule has 0 unspecified atom stereocenters. The first kappa shape index (κ1) is 13.4. The van der Waals surface area contributed by atoms with Crippen LogP contribution < -0.4 is 0 Å². The number of hydrogen-bond donors (Lipinski definition) is 1. The molecular weight excluding hydrogens is 266 g/mol. The first-order valence-corrected chi connectivity index (χ1v) is 6.63. The summed E-state index contributed by atoms with van der Waals surface area (Å²) in [6.07, 6.45) is 2.55. The molecule has 2 rings (SSSR count). The molecule has 0 fully saturated rings. The largest absolute Gasteiger partial charge is 0.476 e. The van der Waals surface area contributed by atoms with Crippen molar-refractivity contribution in [2.75, 3.05) is 0 Å². The molecule has 0 aliphatic heterocycles. The quantitative estimate of drug-likeness (QED) is 0.849. The maximum Gasteiger partial charge on any atom is 0.356 e. The molecule has 0 aromatic carbocycles. The Bertz CT molecular complexity index is 598. The number of ketones is 1. The first-order chi connectivity index (χ1) is 9.04. The summed E-state index contributed by atoms with van der Waals surface area (Å²) in [6, 6.07) is 1.77. The van der Waals surface area contributed by atoms with Gasteiger partial charge in [0.15, 0.2) is 11.5 Å². The Morgan fingerprint density at radius 2 is 2.21 bits per heavy atom. The van der Waals surface area contributed by atoms with Gasteiger partial charge in [0, 0.05) is 19.7 Å². The van der Waals surface area contributed by atoms with Gasteiger partial charge in [0.1, 0.15) is 9.88 Å². The molecule has 2 aromatic rings. The smallest absolute Gasteiger partial charge is 0.356 e. The van der Waals surface area contributed by atoms with Crippen LogP contribution in [0.15, 0.2) is 12.3 Å². The molecule has 0 saturated heterocycles. The van der Waals surface area contributed by atoms with E-state index >= 15 is 0 Å². The van der Waals surface area contributed by atoms with E-state index < -0.39 is 5.97 Å². The number of carbonyl (C=O) groups is 2. The maximum atomic E-state index is 11.4. The summed E-state index contributed by atoms with van der Waals surface area (Å²) in [4.78, 5) is 26.8. The van der Waals surface area contributed by atoms with Gasteiger partial charge in [-0.2, -0.15) is 5.10 Å². The van der Waals surface area contributed by atoms with E-state index in [1.54, 1.807) is 16.9 Å². The van der Waals surface area contributed by atoms with Crippen LogP contribution in [0.25, 0.3) is 10.7 Å². The Labute approximate surface area is 113 Å². The Hall–Kier alpha value is -2.02. The number of carbonyl (C=O) groups excluding carboxylic acids is 1. The lowest BCUT2D eigenvalue weighted by atomic mass is 10.3. The fraction of sp³-hybridized carbons (Fsp3) is 0.333. The number of thiazole rings is 1. The lowest BCUT2D eigenvalue weighted by molar-refractivity contribution is 0.0687. The molecule has 19 heavy (non-hydrogen) atoms. The maximum absolute atomic E-state index is 11.4. The third-order valence-corrected chi connectivity index (χ3v) is 3.70. The summed E-state index contributed by atoms with van der Waals surface area (Å²) in [5.41, 5.74) is 0.554. The van der Waals surface area contributed by atoms with E-state index in [1.807, 2.05) is 6.92 Å². The van der Waals surface area contributed by atoms with Crippen LogP contribution in [0.4, 0.5) is 0 Å². The van der Waals surface area contributed by atoms with Crippen LogP contribution in [0.5, 0.6) is 0 Å². The molecule has 0 saturated carbocycles. The fourth-order valence-electron chi connectivity index (χ4n) is 1.72. The lowest BCUT2D eigenvalue weighted by Gasteiger charge is -2.02. The number of hydrogen-bond acceptors (Lipinski definition) is 5. The van der Waals surface area contributed by atoms with Crippen LogP contribution >= 0.6 is 11.3 Å². The molecule has 6 nitrogen and oxygen atoms in total. The molecule has 1 N–H and O–H groups in total. The lowest BCUT2D eigenvalue weighted by Crippen LogP contribution is -2.04. The highest BCUT2D eigenvalue weighted by Crippen LogP contribution is 2.28. The summed E-state index contributed by atoms with van der Waals surface area (Å²) < 4.78 is 1.76. The Morgan fingerprint density at radius 3 is 2.74 bits per heavy atom. The van der Waals surface area contributed by atoms with Gasteiger partial charge in [-0.3, -0.25) is 9.48 Å². The third kappa shape index (κ3) is 2.55. The van der Waals surface area contributed by atoms with Crippen LogP contribution in [0, 0.1) is 0 Å². The van der Waals surface area contributed by atoms with Gasteiger partial charge in [0.25, 0.3) is 0 Å². The van der Waals surface area contributed by atoms with E-state index in [0.717, 1.165) is 30.0 Å². The van der Waals surface area contributed by atoms with Crippen LogP contribution in [0.1, 0.15) is 40.4 Å². The van der Waals surface area contributed by atoms with Crippen molar-refractivity contribution in [3.8, 4) is 10.7 Å². The summed E-state index contributed by atoms with van der Waals surface area (Å²) in [5, 5.41) is 13.7. The van der Waals surface area contributed by atoms with Crippen LogP contribution in [0.2, 0.25) is 0 Å². The van der Waals surface area contributed by atoms with Gasteiger partial charge in [-0.15, -0.1) is 11.3 Å². The van der Waals surface area contributed by atoms with Gasteiger partial charge in [-0.25, -0.2) is 9.78 Å². The van der Waals surface area contributed by atoms with Crippen molar-refractivity contribution < 1.29 is 14.7 Å². The van der Waals surface area contributed by atoms with Crippen molar-refractivity contribution in [1.29, 1.82) is 0 Å². The molecule has 0 amide bonds. The predicted octanol–water partition coefficient (Wildman–Crippen LogP) is 2.32. The molecule has 0 aliphatic carbocycles. The van der Waals surface area contributed by atoms with Gasteiger partial charge in [0.05, 0.1) is 5.69 Å². The Morgan fingerprint density at radius 1 is 1.47 bits per heavy atom. The number of aromatic carboxylic acids is 1. The molecule has 0 bridgehead atoms. The van der Waals surface area contributed by atoms with Gasteiger partial charge < -0.3 is 5.11 Å². The van der Waals surface area contributed by atoms with Gasteiger partial charge in [-0.1, -0.05) is 6.92 Å². The number of rotatable bonds is 5. The third-order valence-electron chi connectivity index (χ3n) is 2.52. The van der Waals surface area contributed by atoms with E-state index in [0.29, 0.717) is 5.01 Å². The Kier molecular flexibility index (Phi) is 3.75. The highest BCUT2D eigenvalue weighted by molar-refractivity contribution is 7.17. The van der Waals surface area contributed by atoms with Crippen LogP contribution in [0.3, 0.4) is 0 Å². The van der Waals surface area contributed by atoms with Crippen molar-refractivity contribution in [3.05, 3.63) is 22.8 Å². The summed E-state index contributed by atoms with van der Waals surface area (Å²) in [6.45, 7) is 4.09. The van der Waals surface area contributed by atoms with Crippen molar-refractivity contribution in [2.45, 2.75) is 26.8 Å². The molecular formula is C12H13N3O3S. The number of nitrogens with zero attached hydrogens (tertiary/aromatic N) is 3. The minimum Gasteiger partial charge on any atom is -0.476 e.